The zero-order valence-electron chi connectivity index (χ0n) is 17.2. The van der Waals surface area contributed by atoms with Gasteiger partial charge in [0.1, 0.15) is 17.6 Å². The van der Waals surface area contributed by atoms with Crippen molar-refractivity contribution < 1.29 is 39.5 Å². The number of alkyl halides is 6. The number of ether oxygens (including phenoxy) is 1. The molecule has 0 unspecified atom stereocenters. The highest BCUT2D eigenvalue weighted by Crippen LogP contribution is 2.35. The van der Waals surface area contributed by atoms with Gasteiger partial charge >= 0.3 is 12.4 Å². The fraction of sp³-hybridized carbons (Fsp3) is 0.421. The standard InChI is InChI=1S/C19H15ClF6N4O3S/c1-10(18(21,22)23)33-11-2-3-14(13(20)6-11)34(31,32)12-4-5-30(9-12)17-7-15(19(24,25)26)28-16(8-27)29-17/h2-3,6-7,10,12H,4-5,9H2,1H3/t10-,12-/m0/s1. The zero-order valence-corrected chi connectivity index (χ0v) is 18.7. The molecule has 0 saturated carbocycles. The minimum atomic E-state index is -4.84. The van der Waals surface area contributed by atoms with Gasteiger partial charge in [-0.15, -0.1) is 0 Å². The molecular formula is C19H15ClF6N4O3S. The summed E-state index contributed by atoms with van der Waals surface area (Å²) in [6, 6.07) is 5.06. The van der Waals surface area contributed by atoms with E-state index in [2.05, 4.69) is 9.97 Å². The summed E-state index contributed by atoms with van der Waals surface area (Å²) in [5.41, 5.74) is -1.34. The van der Waals surface area contributed by atoms with E-state index in [1.54, 1.807) is 0 Å². The van der Waals surface area contributed by atoms with E-state index in [0.29, 0.717) is 6.07 Å². The van der Waals surface area contributed by atoms with Crippen LogP contribution in [0.3, 0.4) is 0 Å². The molecule has 2 aromatic rings. The van der Waals surface area contributed by atoms with E-state index in [0.717, 1.165) is 25.1 Å². The van der Waals surface area contributed by atoms with Gasteiger partial charge in [-0.1, -0.05) is 11.6 Å². The second-order valence-electron chi connectivity index (χ2n) is 7.34. The van der Waals surface area contributed by atoms with Crippen molar-refractivity contribution in [3.8, 4) is 11.8 Å². The molecule has 3 rings (SSSR count). The Kier molecular flexibility index (Phi) is 6.92. The van der Waals surface area contributed by atoms with Crippen LogP contribution in [-0.2, 0) is 16.0 Å². The molecule has 1 aromatic carbocycles. The van der Waals surface area contributed by atoms with Crippen LogP contribution >= 0.6 is 11.6 Å². The summed E-state index contributed by atoms with van der Waals surface area (Å²) in [6.45, 7) is 0.549. The maximum atomic E-state index is 13.1. The number of nitriles is 1. The van der Waals surface area contributed by atoms with Crippen LogP contribution in [-0.4, -0.2) is 49.0 Å². The Morgan fingerprint density at radius 3 is 2.44 bits per heavy atom. The largest absolute Gasteiger partial charge is 0.481 e. The first-order chi connectivity index (χ1) is 15.6. The maximum absolute atomic E-state index is 13.1. The van der Waals surface area contributed by atoms with Gasteiger partial charge in [0.05, 0.1) is 15.2 Å². The first-order valence-electron chi connectivity index (χ1n) is 9.51. The van der Waals surface area contributed by atoms with Crippen LogP contribution in [0.2, 0.25) is 5.02 Å². The molecule has 0 aliphatic carbocycles. The molecule has 34 heavy (non-hydrogen) atoms. The molecule has 15 heteroatoms. The summed E-state index contributed by atoms with van der Waals surface area (Å²) in [4.78, 5) is 7.78. The molecule has 1 saturated heterocycles. The second-order valence-corrected chi connectivity index (χ2v) is 9.94. The Balaban J connectivity index is 1.83. The van der Waals surface area contributed by atoms with Gasteiger partial charge in [-0.05, 0) is 25.5 Å². The highest BCUT2D eigenvalue weighted by molar-refractivity contribution is 7.92. The van der Waals surface area contributed by atoms with Crippen molar-refractivity contribution in [2.75, 3.05) is 18.0 Å². The fourth-order valence-corrected chi connectivity index (χ4v) is 5.45. The van der Waals surface area contributed by atoms with E-state index >= 15 is 0 Å². The quantitative estimate of drug-likeness (QED) is 0.531. The predicted molar refractivity (Wildman–Crippen MR) is 107 cm³/mol. The number of hydrogen-bond donors (Lipinski definition) is 0. The normalized spacial score (nSPS) is 18.0. The van der Waals surface area contributed by atoms with Crippen LogP contribution in [0.15, 0.2) is 29.2 Å². The summed E-state index contributed by atoms with van der Waals surface area (Å²) in [5, 5.41) is 7.47. The van der Waals surface area contributed by atoms with Crippen LogP contribution < -0.4 is 9.64 Å². The molecule has 1 aromatic heterocycles. The van der Waals surface area contributed by atoms with Gasteiger partial charge in [0, 0.05) is 25.2 Å². The Morgan fingerprint density at radius 2 is 1.88 bits per heavy atom. The van der Waals surface area contributed by atoms with Crippen molar-refractivity contribution in [2.24, 2.45) is 0 Å². The molecule has 1 aliphatic heterocycles. The number of rotatable bonds is 5. The molecule has 0 amide bonds. The summed E-state index contributed by atoms with van der Waals surface area (Å²) in [7, 11) is -4.12. The molecule has 0 bridgehead atoms. The Hall–Kier alpha value is -2.79. The van der Waals surface area contributed by atoms with Crippen LogP contribution in [0.4, 0.5) is 32.2 Å². The molecule has 0 radical (unpaired) electrons. The van der Waals surface area contributed by atoms with Gasteiger partial charge in [-0.2, -0.15) is 31.6 Å². The highest BCUT2D eigenvalue weighted by atomic mass is 35.5. The first-order valence-corrected chi connectivity index (χ1v) is 11.4. The molecule has 1 aliphatic rings. The van der Waals surface area contributed by atoms with Crippen LogP contribution in [0.5, 0.6) is 5.75 Å². The molecule has 2 atom stereocenters. The number of anilines is 1. The van der Waals surface area contributed by atoms with Crippen molar-refractivity contribution in [1.29, 1.82) is 5.26 Å². The lowest BCUT2D eigenvalue weighted by Crippen LogP contribution is -2.31. The lowest BCUT2D eigenvalue weighted by Gasteiger charge is -2.20. The van der Waals surface area contributed by atoms with Crippen LogP contribution in [0.25, 0.3) is 0 Å². The molecule has 184 valence electrons. The van der Waals surface area contributed by atoms with E-state index in [1.807, 2.05) is 0 Å². The molecule has 1 fully saturated rings. The number of sulfone groups is 1. The molecule has 0 spiro atoms. The summed E-state index contributed by atoms with van der Waals surface area (Å²) >= 11 is 6.02. The van der Waals surface area contributed by atoms with Gasteiger partial charge in [-0.25, -0.2) is 18.4 Å². The Labute approximate surface area is 194 Å². The topological polar surface area (TPSA) is 96.2 Å². The third kappa shape index (κ3) is 5.47. The predicted octanol–water partition coefficient (Wildman–Crippen LogP) is 4.40. The van der Waals surface area contributed by atoms with Crippen LogP contribution in [0, 0.1) is 11.3 Å². The van der Waals surface area contributed by atoms with E-state index < -0.39 is 45.1 Å². The maximum Gasteiger partial charge on any atom is 0.433 e. The molecule has 2 heterocycles. The third-order valence-electron chi connectivity index (χ3n) is 4.99. The smallest absolute Gasteiger partial charge is 0.433 e. The monoisotopic (exact) mass is 528 g/mol. The lowest BCUT2D eigenvalue weighted by atomic mass is 10.3. The van der Waals surface area contributed by atoms with Crippen molar-refractivity contribution in [3.63, 3.8) is 0 Å². The van der Waals surface area contributed by atoms with E-state index in [4.69, 9.17) is 21.6 Å². The fourth-order valence-electron chi connectivity index (χ4n) is 3.22. The van der Waals surface area contributed by atoms with Crippen molar-refractivity contribution >= 4 is 27.3 Å². The van der Waals surface area contributed by atoms with E-state index in [9.17, 15) is 34.8 Å². The summed E-state index contributed by atoms with van der Waals surface area (Å²) in [5.74, 6) is -1.26. The first kappa shape index (κ1) is 25.8. The van der Waals surface area contributed by atoms with Gasteiger partial charge in [-0.3, -0.25) is 0 Å². The van der Waals surface area contributed by atoms with Crippen molar-refractivity contribution in [3.05, 3.63) is 40.8 Å². The SMILES string of the molecule is C[C@H](Oc1ccc(S(=O)(=O)[C@H]2CCN(c3cc(C(F)(F)F)nc(C#N)n3)C2)c(Cl)c1)C(F)(F)F. The minimum absolute atomic E-state index is 0.00919. The summed E-state index contributed by atoms with van der Waals surface area (Å²) in [6.07, 6.45) is -11.6. The Morgan fingerprint density at radius 1 is 1.21 bits per heavy atom. The minimum Gasteiger partial charge on any atom is -0.481 e. The number of nitrogens with zero attached hydrogens (tertiary/aromatic N) is 4. The average Bonchev–Trinajstić information content (AvgIpc) is 3.23. The highest BCUT2D eigenvalue weighted by Gasteiger charge is 2.40. The van der Waals surface area contributed by atoms with Gasteiger partial charge in [0.2, 0.25) is 5.82 Å². The van der Waals surface area contributed by atoms with Gasteiger partial charge < -0.3 is 9.64 Å². The van der Waals surface area contributed by atoms with Crippen molar-refractivity contribution in [2.45, 2.75) is 41.9 Å². The number of benzene rings is 1. The van der Waals surface area contributed by atoms with E-state index in [-0.39, 0.29) is 41.0 Å². The lowest BCUT2D eigenvalue weighted by molar-refractivity contribution is -0.189. The second kappa shape index (κ2) is 9.10. The van der Waals surface area contributed by atoms with Gasteiger partial charge in [0.15, 0.2) is 21.6 Å². The van der Waals surface area contributed by atoms with Crippen LogP contribution in [0.1, 0.15) is 24.9 Å². The average molecular weight is 529 g/mol. The third-order valence-corrected chi connectivity index (χ3v) is 7.65. The number of aromatic nitrogens is 2. The molecule has 7 nitrogen and oxygen atoms in total. The van der Waals surface area contributed by atoms with Crippen molar-refractivity contribution in [1.82, 2.24) is 9.97 Å². The summed E-state index contributed by atoms with van der Waals surface area (Å²) < 4.78 is 108. The number of hydrogen-bond acceptors (Lipinski definition) is 7. The molecule has 0 N–H and O–H groups in total. The van der Waals surface area contributed by atoms with Gasteiger partial charge in [0.25, 0.3) is 0 Å². The number of halogens is 7. The zero-order chi connectivity index (χ0) is 25.5. The Bertz CT molecular complexity index is 1230. The molecular weight excluding hydrogens is 514 g/mol. The van der Waals surface area contributed by atoms with E-state index in [1.165, 1.54) is 11.0 Å².